The first-order chi connectivity index (χ1) is 8.93. The normalized spacial score (nSPS) is 12.0. The van der Waals surface area contributed by atoms with Gasteiger partial charge in [0.15, 0.2) is 5.78 Å². The molecule has 0 saturated carbocycles. The highest BCUT2D eigenvalue weighted by Crippen LogP contribution is 2.18. The fraction of sp³-hybridized carbons (Fsp3) is 0.467. The van der Waals surface area contributed by atoms with E-state index in [1.54, 1.807) is 18.2 Å². The number of aliphatic hydroxyl groups excluding tert-OH is 1. The van der Waals surface area contributed by atoms with Gasteiger partial charge < -0.3 is 10.4 Å². The summed E-state index contributed by atoms with van der Waals surface area (Å²) in [5, 5.41) is 21.8. The monoisotopic (exact) mass is 260 g/mol. The molecule has 0 aliphatic heterocycles. The molecule has 0 amide bonds. The van der Waals surface area contributed by atoms with Crippen molar-refractivity contribution in [3.8, 4) is 6.07 Å². The summed E-state index contributed by atoms with van der Waals surface area (Å²) in [6.45, 7) is 5.94. The van der Waals surface area contributed by atoms with Crippen molar-refractivity contribution in [2.24, 2.45) is 5.92 Å². The van der Waals surface area contributed by atoms with Gasteiger partial charge in [-0.05, 0) is 37.5 Å². The molecule has 4 nitrogen and oxygen atoms in total. The Morgan fingerprint density at radius 3 is 2.68 bits per heavy atom. The number of nitriles is 1. The van der Waals surface area contributed by atoms with Gasteiger partial charge in [0.25, 0.3) is 0 Å². The van der Waals surface area contributed by atoms with Gasteiger partial charge in [-0.2, -0.15) is 5.26 Å². The molecule has 0 radical (unpaired) electrons. The molecule has 0 spiro atoms. The molecule has 0 heterocycles. The molecule has 0 bridgehead atoms. The molecule has 0 aromatic heterocycles. The second kappa shape index (κ2) is 6.91. The van der Waals surface area contributed by atoms with Crippen molar-refractivity contribution in [2.75, 3.05) is 11.9 Å². The summed E-state index contributed by atoms with van der Waals surface area (Å²) in [4.78, 5) is 11.5. The van der Waals surface area contributed by atoms with Crippen LogP contribution in [0.5, 0.6) is 0 Å². The Balaban J connectivity index is 2.81. The summed E-state index contributed by atoms with van der Waals surface area (Å²) in [6, 6.07) is 6.93. The number of aliphatic hydroxyl groups is 1. The zero-order valence-corrected chi connectivity index (χ0v) is 11.6. The predicted molar refractivity (Wildman–Crippen MR) is 75.1 cm³/mol. The van der Waals surface area contributed by atoms with E-state index in [9.17, 15) is 9.90 Å². The van der Waals surface area contributed by atoms with E-state index in [1.807, 2.05) is 19.9 Å². The smallest absolute Gasteiger partial charge is 0.161 e. The van der Waals surface area contributed by atoms with E-state index in [0.717, 1.165) is 0 Å². The largest absolute Gasteiger partial charge is 0.391 e. The van der Waals surface area contributed by atoms with E-state index in [4.69, 9.17) is 5.26 Å². The van der Waals surface area contributed by atoms with Crippen molar-refractivity contribution in [3.63, 3.8) is 0 Å². The van der Waals surface area contributed by atoms with E-state index < -0.39 is 6.10 Å². The molecule has 4 heteroatoms. The topological polar surface area (TPSA) is 73.1 Å². The number of Topliss-reactive ketones (excluding diaryl/α,β-unsaturated/α-hetero) is 1. The van der Waals surface area contributed by atoms with E-state index in [0.29, 0.717) is 35.7 Å². The van der Waals surface area contributed by atoms with Crippen LogP contribution in [0.1, 0.15) is 43.1 Å². The maximum atomic E-state index is 11.5. The Labute approximate surface area is 114 Å². The molecule has 0 fully saturated rings. The number of benzene rings is 1. The highest BCUT2D eigenvalue weighted by molar-refractivity contribution is 5.99. The number of rotatable bonds is 6. The van der Waals surface area contributed by atoms with E-state index in [-0.39, 0.29) is 5.78 Å². The first-order valence-electron chi connectivity index (χ1n) is 6.41. The average Bonchev–Trinajstić information content (AvgIpc) is 2.34. The molecular formula is C15H20N2O2. The quantitative estimate of drug-likeness (QED) is 0.771. The van der Waals surface area contributed by atoms with Crippen LogP contribution in [0.2, 0.25) is 0 Å². The highest BCUT2D eigenvalue weighted by Gasteiger charge is 2.11. The summed E-state index contributed by atoms with van der Waals surface area (Å²) in [5.74, 6) is 0.347. The first kappa shape index (κ1) is 15.2. The Bertz CT molecular complexity index is 489. The molecule has 1 atom stereocenters. The van der Waals surface area contributed by atoms with Gasteiger partial charge in [-0.25, -0.2) is 0 Å². The van der Waals surface area contributed by atoms with E-state index in [1.165, 1.54) is 6.92 Å². The Hall–Kier alpha value is -1.86. The van der Waals surface area contributed by atoms with Crippen molar-refractivity contribution in [1.82, 2.24) is 0 Å². The van der Waals surface area contributed by atoms with Crippen LogP contribution in [0.3, 0.4) is 0 Å². The maximum Gasteiger partial charge on any atom is 0.161 e. The summed E-state index contributed by atoms with van der Waals surface area (Å²) in [7, 11) is 0. The Kier molecular flexibility index (Phi) is 5.53. The SMILES string of the molecule is CC(=O)c1ccc(C#N)cc1NCC(O)CC(C)C. The lowest BCUT2D eigenvalue weighted by atomic mass is 10.0. The molecule has 1 aromatic rings. The van der Waals surface area contributed by atoms with Crippen molar-refractivity contribution < 1.29 is 9.90 Å². The van der Waals surface area contributed by atoms with Gasteiger partial charge >= 0.3 is 0 Å². The zero-order valence-electron chi connectivity index (χ0n) is 11.6. The van der Waals surface area contributed by atoms with Crippen molar-refractivity contribution in [1.29, 1.82) is 5.26 Å². The van der Waals surface area contributed by atoms with Crippen LogP contribution >= 0.6 is 0 Å². The second-order valence-electron chi connectivity index (χ2n) is 5.09. The van der Waals surface area contributed by atoms with Gasteiger partial charge in [0.05, 0.1) is 17.7 Å². The van der Waals surface area contributed by atoms with Crippen LogP contribution in [0, 0.1) is 17.2 Å². The molecule has 1 rings (SSSR count). The standard InChI is InChI=1S/C15H20N2O2/c1-10(2)6-13(19)9-17-15-7-12(8-16)4-5-14(15)11(3)18/h4-5,7,10,13,17,19H,6,9H2,1-3H3. The molecule has 0 saturated heterocycles. The lowest BCUT2D eigenvalue weighted by molar-refractivity contribution is 0.101. The number of nitrogens with one attached hydrogen (secondary N) is 1. The number of carbonyl (C=O) groups is 1. The van der Waals surface area contributed by atoms with Crippen LogP contribution < -0.4 is 5.32 Å². The molecule has 0 aliphatic rings. The fourth-order valence-corrected chi connectivity index (χ4v) is 1.92. The third-order valence-corrected chi connectivity index (χ3v) is 2.80. The van der Waals surface area contributed by atoms with Gasteiger partial charge in [-0.3, -0.25) is 4.79 Å². The summed E-state index contributed by atoms with van der Waals surface area (Å²) < 4.78 is 0. The molecule has 2 N–H and O–H groups in total. The lowest BCUT2D eigenvalue weighted by Crippen LogP contribution is -2.22. The minimum atomic E-state index is -0.467. The first-order valence-corrected chi connectivity index (χ1v) is 6.41. The lowest BCUT2D eigenvalue weighted by Gasteiger charge is -2.16. The molecule has 1 aromatic carbocycles. The van der Waals surface area contributed by atoms with Gasteiger partial charge in [-0.15, -0.1) is 0 Å². The van der Waals surface area contributed by atoms with Gasteiger partial charge in [-0.1, -0.05) is 13.8 Å². The zero-order chi connectivity index (χ0) is 14.4. The maximum absolute atomic E-state index is 11.5. The minimum absolute atomic E-state index is 0.0645. The van der Waals surface area contributed by atoms with Crippen molar-refractivity contribution in [2.45, 2.75) is 33.3 Å². The molecule has 102 valence electrons. The van der Waals surface area contributed by atoms with Gasteiger partial charge in [0, 0.05) is 17.8 Å². The van der Waals surface area contributed by atoms with Crippen molar-refractivity contribution in [3.05, 3.63) is 29.3 Å². The van der Waals surface area contributed by atoms with E-state index >= 15 is 0 Å². The van der Waals surface area contributed by atoms with Crippen LogP contribution in [0.15, 0.2) is 18.2 Å². The number of ketones is 1. The summed E-state index contributed by atoms with van der Waals surface area (Å²) in [5.41, 5.74) is 1.64. The van der Waals surface area contributed by atoms with Gasteiger partial charge in [0.1, 0.15) is 0 Å². The number of hydrogen-bond donors (Lipinski definition) is 2. The Morgan fingerprint density at radius 2 is 2.16 bits per heavy atom. The number of anilines is 1. The average molecular weight is 260 g/mol. The molecule has 1 unspecified atom stereocenters. The van der Waals surface area contributed by atoms with Crippen LogP contribution in [0.4, 0.5) is 5.69 Å². The fourth-order valence-electron chi connectivity index (χ4n) is 1.92. The van der Waals surface area contributed by atoms with Crippen LogP contribution in [-0.4, -0.2) is 23.5 Å². The Morgan fingerprint density at radius 1 is 1.47 bits per heavy atom. The third-order valence-electron chi connectivity index (χ3n) is 2.80. The number of hydrogen-bond acceptors (Lipinski definition) is 4. The van der Waals surface area contributed by atoms with Crippen LogP contribution in [0.25, 0.3) is 0 Å². The number of carbonyl (C=O) groups excluding carboxylic acids is 1. The highest BCUT2D eigenvalue weighted by atomic mass is 16.3. The minimum Gasteiger partial charge on any atom is -0.391 e. The van der Waals surface area contributed by atoms with Crippen molar-refractivity contribution >= 4 is 11.5 Å². The second-order valence-corrected chi connectivity index (χ2v) is 5.09. The predicted octanol–water partition coefficient (Wildman–Crippen LogP) is 2.58. The molecule has 0 aliphatic carbocycles. The summed E-state index contributed by atoms with van der Waals surface area (Å²) in [6.07, 6.45) is 0.228. The molecular weight excluding hydrogens is 240 g/mol. The third kappa shape index (κ3) is 4.72. The molecule has 19 heavy (non-hydrogen) atoms. The van der Waals surface area contributed by atoms with E-state index in [2.05, 4.69) is 5.32 Å². The van der Waals surface area contributed by atoms with Gasteiger partial charge in [0.2, 0.25) is 0 Å². The number of nitrogens with zero attached hydrogens (tertiary/aromatic N) is 1. The van der Waals surface area contributed by atoms with Crippen LogP contribution in [-0.2, 0) is 0 Å². The summed E-state index contributed by atoms with van der Waals surface area (Å²) >= 11 is 0.